The van der Waals surface area contributed by atoms with Gasteiger partial charge in [0.1, 0.15) is 0 Å². The van der Waals surface area contributed by atoms with E-state index in [0.29, 0.717) is 6.54 Å². The molecule has 66 valence electrons. The maximum absolute atomic E-state index is 10.4. The lowest BCUT2D eigenvalue weighted by atomic mass is 10.1. The molecule has 0 spiro atoms. The van der Waals surface area contributed by atoms with Crippen molar-refractivity contribution in [3.63, 3.8) is 0 Å². The summed E-state index contributed by atoms with van der Waals surface area (Å²) in [5.74, 6) is 0. The lowest BCUT2D eigenvalue weighted by Crippen LogP contribution is -2.42. The Morgan fingerprint density at radius 2 is 2.09 bits per heavy atom. The highest BCUT2D eigenvalue weighted by molar-refractivity contribution is 4.69. The van der Waals surface area contributed by atoms with Crippen LogP contribution in [-0.2, 0) is 0 Å². The molecular formula is C7H16N2O2. The topological polar surface area (TPSA) is 55.2 Å². The van der Waals surface area contributed by atoms with Crippen LogP contribution in [0.1, 0.15) is 27.2 Å². The molecular weight excluding hydrogens is 144 g/mol. The fourth-order valence-corrected chi connectivity index (χ4v) is 0.636. The van der Waals surface area contributed by atoms with E-state index in [1.54, 1.807) is 13.8 Å². The smallest absolute Gasteiger partial charge is 0.228 e. The van der Waals surface area contributed by atoms with Crippen molar-refractivity contribution in [3.8, 4) is 0 Å². The van der Waals surface area contributed by atoms with Gasteiger partial charge in [0, 0.05) is 18.8 Å². The van der Waals surface area contributed by atoms with E-state index < -0.39 is 5.54 Å². The van der Waals surface area contributed by atoms with Gasteiger partial charge in [-0.1, -0.05) is 6.92 Å². The van der Waals surface area contributed by atoms with E-state index in [2.05, 4.69) is 5.32 Å². The van der Waals surface area contributed by atoms with Gasteiger partial charge >= 0.3 is 0 Å². The molecule has 11 heavy (non-hydrogen) atoms. The van der Waals surface area contributed by atoms with Crippen molar-refractivity contribution < 1.29 is 4.92 Å². The fourth-order valence-electron chi connectivity index (χ4n) is 0.636. The lowest BCUT2D eigenvalue weighted by molar-refractivity contribution is -0.558. The highest BCUT2D eigenvalue weighted by atomic mass is 16.6. The number of hydrogen-bond acceptors (Lipinski definition) is 3. The zero-order valence-electron chi connectivity index (χ0n) is 7.39. The van der Waals surface area contributed by atoms with Crippen LogP contribution in [-0.4, -0.2) is 23.6 Å². The second-order valence-corrected chi connectivity index (χ2v) is 3.25. The van der Waals surface area contributed by atoms with Crippen molar-refractivity contribution >= 4 is 0 Å². The Hall–Kier alpha value is -0.640. The Morgan fingerprint density at radius 1 is 1.55 bits per heavy atom. The number of rotatable bonds is 5. The molecule has 0 amide bonds. The summed E-state index contributed by atoms with van der Waals surface area (Å²) >= 11 is 0. The Balaban J connectivity index is 3.64. The van der Waals surface area contributed by atoms with Gasteiger partial charge in [-0.3, -0.25) is 10.1 Å². The van der Waals surface area contributed by atoms with Crippen LogP contribution in [0, 0.1) is 10.1 Å². The summed E-state index contributed by atoms with van der Waals surface area (Å²) in [4.78, 5) is 10.1. The first kappa shape index (κ1) is 10.4. The van der Waals surface area contributed by atoms with Crippen molar-refractivity contribution in [1.82, 2.24) is 5.32 Å². The molecule has 0 aromatic rings. The van der Waals surface area contributed by atoms with Crippen molar-refractivity contribution in [3.05, 3.63) is 10.1 Å². The van der Waals surface area contributed by atoms with Crippen LogP contribution in [0.15, 0.2) is 0 Å². The zero-order valence-corrected chi connectivity index (χ0v) is 7.39. The van der Waals surface area contributed by atoms with Gasteiger partial charge in [-0.05, 0) is 13.0 Å². The SMILES string of the molecule is CCCNCC(C)(C)[N+](=O)[O-]. The second kappa shape index (κ2) is 4.28. The third-order valence-electron chi connectivity index (χ3n) is 1.48. The van der Waals surface area contributed by atoms with Gasteiger partial charge in [0.15, 0.2) is 0 Å². The van der Waals surface area contributed by atoms with Gasteiger partial charge in [0.2, 0.25) is 5.54 Å². The summed E-state index contributed by atoms with van der Waals surface area (Å²) in [6, 6.07) is 0. The molecule has 0 heterocycles. The van der Waals surface area contributed by atoms with E-state index in [1.165, 1.54) is 0 Å². The summed E-state index contributed by atoms with van der Waals surface area (Å²) in [7, 11) is 0. The van der Waals surface area contributed by atoms with E-state index >= 15 is 0 Å². The van der Waals surface area contributed by atoms with Gasteiger partial charge < -0.3 is 5.32 Å². The Kier molecular flexibility index (Phi) is 4.03. The van der Waals surface area contributed by atoms with Gasteiger partial charge in [-0.25, -0.2) is 0 Å². The summed E-state index contributed by atoms with van der Waals surface area (Å²) in [6.45, 7) is 6.56. The molecule has 0 aliphatic rings. The van der Waals surface area contributed by atoms with Crippen molar-refractivity contribution in [2.75, 3.05) is 13.1 Å². The molecule has 0 fully saturated rings. The van der Waals surface area contributed by atoms with Gasteiger partial charge in [-0.15, -0.1) is 0 Å². The van der Waals surface area contributed by atoms with Crippen molar-refractivity contribution in [1.29, 1.82) is 0 Å². The minimum Gasteiger partial charge on any atom is -0.310 e. The first-order valence-electron chi connectivity index (χ1n) is 3.86. The summed E-state index contributed by atoms with van der Waals surface area (Å²) < 4.78 is 0. The third kappa shape index (κ3) is 3.93. The van der Waals surface area contributed by atoms with Gasteiger partial charge in [-0.2, -0.15) is 0 Å². The van der Waals surface area contributed by atoms with Crippen molar-refractivity contribution in [2.45, 2.75) is 32.7 Å². The minimum atomic E-state index is -0.838. The van der Waals surface area contributed by atoms with E-state index in [-0.39, 0.29) is 4.92 Å². The third-order valence-corrected chi connectivity index (χ3v) is 1.48. The molecule has 0 aliphatic carbocycles. The van der Waals surface area contributed by atoms with Gasteiger partial charge in [0.25, 0.3) is 0 Å². The maximum Gasteiger partial charge on any atom is 0.228 e. The average molecular weight is 160 g/mol. The standard InChI is InChI=1S/C7H16N2O2/c1-4-5-8-6-7(2,3)9(10)11/h8H,4-6H2,1-3H3. The first-order valence-corrected chi connectivity index (χ1v) is 3.86. The minimum absolute atomic E-state index is 0.254. The number of nitrogens with zero attached hydrogens (tertiary/aromatic N) is 1. The van der Waals surface area contributed by atoms with Crippen LogP contribution in [0.25, 0.3) is 0 Å². The van der Waals surface area contributed by atoms with Crippen LogP contribution in [0.5, 0.6) is 0 Å². The second-order valence-electron chi connectivity index (χ2n) is 3.25. The molecule has 0 aromatic heterocycles. The Labute approximate surface area is 67.1 Å². The largest absolute Gasteiger partial charge is 0.310 e. The van der Waals surface area contributed by atoms with Crippen LogP contribution < -0.4 is 5.32 Å². The molecule has 4 heteroatoms. The first-order chi connectivity index (χ1) is 5.00. The molecule has 0 unspecified atom stereocenters. The highest BCUT2D eigenvalue weighted by Crippen LogP contribution is 2.04. The summed E-state index contributed by atoms with van der Waals surface area (Å²) in [5, 5.41) is 13.4. The van der Waals surface area contributed by atoms with Crippen LogP contribution in [0.2, 0.25) is 0 Å². The van der Waals surface area contributed by atoms with Crippen LogP contribution in [0.4, 0.5) is 0 Å². The van der Waals surface area contributed by atoms with Crippen LogP contribution >= 0.6 is 0 Å². The quantitative estimate of drug-likeness (QED) is 0.371. The summed E-state index contributed by atoms with van der Waals surface area (Å²) in [6.07, 6.45) is 1.01. The number of nitrogens with one attached hydrogen (secondary N) is 1. The van der Waals surface area contributed by atoms with E-state index in [1.807, 2.05) is 6.92 Å². The molecule has 1 N–H and O–H groups in total. The fraction of sp³-hybridized carbons (Fsp3) is 1.00. The number of hydrogen-bond donors (Lipinski definition) is 1. The highest BCUT2D eigenvalue weighted by Gasteiger charge is 2.29. The molecule has 0 rings (SSSR count). The predicted octanol–water partition coefficient (Wildman–Crippen LogP) is 1.04. The average Bonchev–Trinajstić information content (AvgIpc) is 1.88. The molecule has 4 nitrogen and oxygen atoms in total. The molecule has 0 saturated heterocycles. The van der Waals surface area contributed by atoms with E-state index in [0.717, 1.165) is 13.0 Å². The molecule has 0 aromatic carbocycles. The normalized spacial score (nSPS) is 11.5. The monoisotopic (exact) mass is 160 g/mol. The molecule has 0 bridgehead atoms. The van der Waals surface area contributed by atoms with Crippen molar-refractivity contribution in [2.24, 2.45) is 0 Å². The Morgan fingerprint density at radius 3 is 2.45 bits per heavy atom. The van der Waals surface area contributed by atoms with E-state index in [9.17, 15) is 10.1 Å². The molecule has 0 atom stereocenters. The summed E-state index contributed by atoms with van der Waals surface area (Å²) in [5.41, 5.74) is -0.838. The predicted molar refractivity (Wildman–Crippen MR) is 44.2 cm³/mol. The van der Waals surface area contributed by atoms with E-state index in [4.69, 9.17) is 0 Å². The zero-order chi connectivity index (χ0) is 8.91. The van der Waals surface area contributed by atoms with Crippen LogP contribution in [0.3, 0.4) is 0 Å². The molecule has 0 radical (unpaired) electrons. The molecule has 0 aliphatic heterocycles. The molecule has 0 saturated carbocycles. The van der Waals surface area contributed by atoms with Gasteiger partial charge in [0.05, 0.1) is 6.54 Å². The Bertz CT molecular complexity index is 134. The maximum atomic E-state index is 10.4. The lowest BCUT2D eigenvalue weighted by Gasteiger charge is -2.15. The number of nitro groups is 1.